The molecule has 0 saturated carbocycles. The quantitative estimate of drug-likeness (QED) is 0.125. The zero-order valence-corrected chi connectivity index (χ0v) is 27.2. The maximum atomic E-state index is 7.15. The first-order valence-corrected chi connectivity index (χ1v) is 16.6. The summed E-state index contributed by atoms with van der Waals surface area (Å²) >= 11 is 0. The van der Waals surface area contributed by atoms with Gasteiger partial charge in [0.2, 0.25) is 0 Å². The SMILES string of the molecule is N=C/C=C\C=C/Cc1ccccc1-c1ccc(-c2ccc3oc4cccc(-c5nc(-c6ccccc6)nc(-c6ccccc6)n5)c4c3c2)cc1. The third kappa shape index (κ3) is 6.16. The predicted molar refractivity (Wildman–Crippen MR) is 205 cm³/mol. The molecule has 0 unspecified atom stereocenters. The number of hydrogen-bond donors (Lipinski definition) is 1. The molecule has 2 aromatic heterocycles. The van der Waals surface area contributed by atoms with Crippen LogP contribution in [-0.4, -0.2) is 21.2 Å². The second kappa shape index (κ2) is 13.8. The van der Waals surface area contributed by atoms with Gasteiger partial charge in [0.05, 0.1) is 0 Å². The van der Waals surface area contributed by atoms with Gasteiger partial charge in [-0.15, -0.1) is 0 Å². The lowest BCUT2D eigenvalue weighted by Gasteiger charge is -2.10. The summed E-state index contributed by atoms with van der Waals surface area (Å²) in [4.78, 5) is 14.9. The van der Waals surface area contributed by atoms with Gasteiger partial charge in [-0.1, -0.05) is 146 Å². The lowest BCUT2D eigenvalue weighted by atomic mass is 9.95. The molecule has 5 nitrogen and oxygen atoms in total. The molecular formula is C45H32N4O. The Bertz CT molecular complexity index is 2460. The smallest absolute Gasteiger partial charge is 0.164 e. The number of fused-ring (bicyclic) bond motifs is 3. The molecule has 0 fully saturated rings. The first kappa shape index (κ1) is 30.6. The van der Waals surface area contributed by atoms with E-state index in [4.69, 9.17) is 24.8 Å². The highest BCUT2D eigenvalue weighted by molar-refractivity contribution is 6.12. The monoisotopic (exact) mass is 644 g/mol. The Balaban J connectivity index is 1.19. The van der Waals surface area contributed by atoms with E-state index in [0.717, 1.165) is 56.2 Å². The molecule has 0 aliphatic heterocycles. The molecule has 2 heterocycles. The van der Waals surface area contributed by atoms with E-state index in [0.29, 0.717) is 17.5 Å². The van der Waals surface area contributed by atoms with Crippen LogP contribution in [0.25, 0.3) is 78.4 Å². The minimum atomic E-state index is 0.597. The van der Waals surface area contributed by atoms with Crippen LogP contribution in [-0.2, 0) is 6.42 Å². The number of nitrogens with zero attached hydrogens (tertiary/aromatic N) is 3. The van der Waals surface area contributed by atoms with Gasteiger partial charge >= 0.3 is 0 Å². The van der Waals surface area contributed by atoms with Crippen molar-refractivity contribution >= 4 is 28.2 Å². The molecule has 8 rings (SSSR count). The summed E-state index contributed by atoms with van der Waals surface area (Å²) < 4.78 is 6.39. The summed E-state index contributed by atoms with van der Waals surface area (Å²) in [5.74, 6) is 1.84. The van der Waals surface area contributed by atoms with E-state index in [1.807, 2.05) is 84.9 Å². The van der Waals surface area contributed by atoms with Gasteiger partial charge in [0.25, 0.3) is 0 Å². The second-order valence-corrected chi connectivity index (χ2v) is 11.9. The number of nitrogens with one attached hydrogen (secondary N) is 1. The molecule has 50 heavy (non-hydrogen) atoms. The summed E-state index contributed by atoms with van der Waals surface area (Å²) in [6.45, 7) is 0. The zero-order valence-electron chi connectivity index (χ0n) is 27.2. The Hall–Kier alpha value is -6.72. The van der Waals surface area contributed by atoms with Crippen molar-refractivity contribution in [1.29, 1.82) is 5.41 Å². The summed E-state index contributed by atoms with van der Waals surface area (Å²) in [6, 6.07) is 49.7. The Morgan fingerprint density at radius 1 is 0.480 bits per heavy atom. The topological polar surface area (TPSA) is 75.7 Å². The summed E-state index contributed by atoms with van der Waals surface area (Å²) in [7, 11) is 0. The molecule has 8 aromatic rings. The van der Waals surface area contributed by atoms with Crippen molar-refractivity contribution in [2.75, 3.05) is 0 Å². The molecule has 0 saturated heterocycles. The van der Waals surface area contributed by atoms with Crippen molar-refractivity contribution in [2.24, 2.45) is 0 Å². The number of hydrogen-bond acceptors (Lipinski definition) is 5. The van der Waals surface area contributed by atoms with E-state index in [9.17, 15) is 0 Å². The van der Waals surface area contributed by atoms with E-state index in [1.54, 1.807) is 6.08 Å². The predicted octanol–water partition coefficient (Wildman–Crippen LogP) is 11.4. The van der Waals surface area contributed by atoms with Gasteiger partial charge in [-0.3, -0.25) is 0 Å². The molecule has 5 heteroatoms. The molecule has 0 atom stereocenters. The molecule has 0 amide bonds. The van der Waals surface area contributed by atoms with Crippen molar-refractivity contribution < 1.29 is 4.42 Å². The molecule has 238 valence electrons. The molecule has 0 spiro atoms. The molecule has 1 N–H and O–H groups in total. The van der Waals surface area contributed by atoms with E-state index in [-0.39, 0.29) is 0 Å². The standard InChI is InChI=1S/C45H32N4O/c46-29-12-2-1-5-14-32-15-10-11-20-37(32)33-25-23-31(24-26-33)36-27-28-40-39(30-36)42-38(21-13-22-41(42)50-40)45-48-43(34-16-6-3-7-17-34)47-44(49-45)35-18-8-4-9-19-35/h1-13,15-30,46H,14H2/b5-1-,12-2-,46-29?. The average Bonchev–Trinajstić information content (AvgIpc) is 3.57. The van der Waals surface area contributed by atoms with Gasteiger partial charge in [0.1, 0.15) is 11.2 Å². The molecular weight excluding hydrogens is 613 g/mol. The van der Waals surface area contributed by atoms with Crippen molar-refractivity contribution in [2.45, 2.75) is 6.42 Å². The second-order valence-electron chi connectivity index (χ2n) is 11.9. The highest BCUT2D eigenvalue weighted by atomic mass is 16.3. The molecule has 0 radical (unpaired) electrons. The largest absolute Gasteiger partial charge is 0.456 e. The van der Waals surface area contributed by atoms with E-state index in [2.05, 4.69) is 78.9 Å². The van der Waals surface area contributed by atoms with Crippen LogP contribution in [0, 0.1) is 5.41 Å². The van der Waals surface area contributed by atoms with E-state index >= 15 is 0 Å². The number of aromatic nitrogens is 3. The summed E-state index contributed by atoms with van der Waals surface area (Å²) in [5.41, 5.74) is 10.2. The van der Waals surface area contributed by atoms with Gasteiger partial charge in [0.15, 0.2) is 17.5 Å². The van der Waals surface area contributed by atoms with Crippen LogP contribution in [0.2, 0.25) is 0 Å². The number of rotatable bonds is 9. The summed E-state index contributed by atoms with van der Waals surface area (Å²) in [5, 5.41) is 9.13. The van der Waals surface area contributed by atoms with Gasteiger partial charge in [-0.2, -0.15) is 0 Å². The maximum Gasteiger partial charge on any atom is 0.164 e. The highest BCUT2D eigenvalue weighted by Crippen LogP contribution is 2.38. The third-order valence-corrected chi connectivity index (χ3v) is 8.77. The maximum absolute atomic E-state index is 7.15. The normalized spacial score (nSPS) is 11.6. The number of allylic oxidation sites excluding steroid dienone is 4. The minimum absolute atomic E-state index is 0.597. The Morgan fingerprint density at radius 2 is 1.10 bits per heavy atom. The lowest BCUT2D eigenvalue weighted by molar-refractivity contribution is 0.669. The van der Waals surface area contributed by atoms with Crippen LogP contribution < -0.4 is 0 Å². The van der Waals surface area contributed by atoms with Crippen LogP contribution in [0.4, 0.5) is 0 Å². The average molecular weight is 645 g/mol. The van der Waals surface area contributed by atoms with Crippen LogP contribution >= 0.6 is 0 Å². The van der Waals surface area contributed by atoms with E-state index < -0.39 is 0 Å². The Labute approximate surface area is 290 Å². The van der Waals surface area contributed by atoms with Gasteiger partial charge in [0, 0.05) is 33.7 Å². The molecule has 0 aliphatic carbocycles. The van der Waals surface area contributed by atoms with Gasteiger partial charge in [-0.25, -0.2) is 15.0 Å². The molecule has 0 bridgehead atoms. The van der Waals surface area contributed by atoms with Crippen LogP contribution in [0.5, 0.6) is 0 Å². The Kier molecular flexibility index (Phi) is 8.44. The van der Waals surface area contributed by atoms with Crippen LogP contribution in [0.3, 0.4) is 0 Å². The van der Waals surface area contributed by atoms with Crippen molar-refractivity contribution in [1.82, 2.24) is 15.0 Å². The molecule has 0 aliphatic rings. The van der Waals surface area contributed by atoms with Gasteiger partial charge in [-0.05, 0) is 58.5 Å². The first-order chi connectivity index (χ1) is 24.7. The fourth-order valence-electron chi connectivity index (χ4n) is 6.34. The van der Waals surface area contributed by atoms with E-state index in [1.165, 1.54) is 22.9 Å². The van der Waals surface area contributed by atoms with Crippen LogP contribution in [0.15, 0.2) is 174 Å². The third-order valence-electron chi connectivity index (χ3n) is 8.77. The van der Waals surface area contributed by atoms with Crippen molar-refractivity contribution in [3.8, 4) is 56.4 Å². The first-order valence-electron chi connectivity index (χ1n) is 16.6. The van der Waals surface area contributed by atoms with Gasteiger partial charge < -0.3 is 9.83 Å². The van der Waals surface area contributed by atoms with Crippen molar-refractivity contribution in [3.05, 3.63) is 175 Å². The minimum Gasteiger partial charge on any atom is -0.456 e. The number of furan rings is 1. The fourth-order valence-corrected chi connectivity index (χ4v) is 6.34. The fraction of sp³-hybridized carbons (Fsp3) is 0.0222. The van der Waals surface area contributed by atoms with Crippen LogP contribution in [0.1, 0.15) is 5.56 Å². The highest BCUT2D eigenvalue weighted by Gasteiger charge is 2.18. The summed E-state index contributed by atoms with van der Waals surface area (Å²) in [6.07, 6.45) is 9.78. The van der Waals surface area contributed by atoms with Crippen molar-refractivity contribution in [3.63, 3.8) is 0 Å². The number of benzene rings is 6. The Morgan fingerprint density at radius 3 is 1.82 bits per heavy atom. The lowest BCUT2D eigenvalue weighted by Crippen LogP contribution is -2.00. The zero-order chi connectivity index (χ0) is 33.7. The molecule has 6 aromatic carbocycles.